The van der Waals surface area contributed by atoms with Crippen molar-refractivity contribution in [1.82, 2.24) is 5.32 Å². The molecular formula is C19H19FN2O3. The van der Waals surface area contributed by atoms with Gasteiger partial charge in [-0.25, -0.2) is 9.18 Å². The third-order valence-corrected chi connectivity index (χ3v) is 4.39. The molecule has 1 saturated carbocycles. The lowest BCUT2D eigenvalue weighted by atomic mass is 10.0. The molecule has 130 valence electrons. The van der Waals surface area contributed by atoms with Gasteiger partial charge in [-0.3, -0.25) is 0 Å². The van der Waals surface area contributed by atoms with Gasteiger partial charge in [-0.05, 0) is 54.7 Å². The molecular weight excluding hydrogens is 323 g/mol. The van der Waals surface area contributed by atoms with Gasteiger partial charge in [-0.2, -0.15) is 0 Å². The molecule has 0 aromatic heterocycles. The minimum atomic E-state index is -0.386. The van der Waals surface area contributed by atoms with Crippen LogP contribution in [0.3, 0.4) is 0 Å². The monoisotopic (exact) mass is 342 g/mol. The summed E-state index contributed by atoms with van der Waals surface area (Å²) >= 11 is 0. The molecule has 2 aliphatic rings. The number of urea groups is 1. The number of amides is 2. The van der Waals surface area contributed by atoms with E-state index in [-0.39, 0.29) is 17.9 Å². The third-order valence-electron chi connectivity index (χ3n) is 4.39. The molecule has 1 aliphatic carbocycles. The second-order valence-electron chi connectivity index (χ2n) is 6.33. The second-order valence-corrected chi connectivity index (χ2v) is 6.33. The number of hydrogen-bond donors (Lipinski definition) is 2. The Labute approximate surface area is 145 Å². The number of benzene rings is 2. The number of halogens is 1. The highest BCUT2D eigenvalue weighted by Crippen LogP contribution is 2.43. The van der Waals surface area contributed by atoms with E-state index in [1.54, 1.807) is 12.1 Å². The predicted octanol–water partition coefficient (Wildman–Crippen LogP) is 3.87. The molecule has 0 radical (unpaired) electrons. The lowest BCUT2D eigenvalue weighted by molar-refractivity contribution is 0.171. The van der Waals surface area contributed by atoms with Crippen LogP contribution in [0.15, 0.2) is 42.5 Å². The zero-order valence-electron chi connectivity index (χ0n) is 13.6. The number of nitrogens with one attached hydrogen (secondary N) is 2. The van der Waals surface area contributed by atoms with Crippen molar-refractivity contribution in [3.8, 4) is 11.5 Å². The first-order chi connectivity index (χ1) is 12.2. The Balaban J connectivity index is 1.49. The number of carbonyl (C=O) groups is 1. The summed E-state index contributed by atoms with van der Waals surface area (Å²) in [5.74, 6) is 1.46. The van der Waals surface area contributed by atoms with Crippen LogP contribution >= 0.6 is 0 Å². The van der Waals surface area contributed by atoms with Crippen molar-refractivity contribution in [2.24, 2.45) is 5.92 Å². The summed E-state index contributed by atoms with van der Waals surface area (Å²) in [6.07, 6.45) is 2.14. The van der Waals surface area contributed by atoms with Crippen LogP contribution in [-0.4, -0.2) is 19.2 Å². The third kappa shape index (κ3) is 3.68. The molecule has 1 fully saturated rings. The van der Waals surface area contributed by atoms with Crippen molar-refractivity contribution < 1.29 is 18.7 Å². The van der Waals surface area contributed by atoms with E-state index >= 15 is 0 Å². The summed E-state index contributed by atoms with van der Waals surface area (Å²) in [6.45, 7) is 1.07. The van der Waals surface area contributed by atoms with Gasteiger partial charge in [-0.15, -0.1) is 0 Å². The number of ether oxygens (including phenoxy) is 2. The molecule has 1 heterocycles. The highest BCUT2D eigenvalue weighted by Gasteiger charge is 2.34. The van der Waals surface area contributed by atoms with E-state index < -0.39 is 0 Å². The summed E-state index contributed by atoms with van der Waals surface area (Å²) in [6, 6.07) is 11.1. The van der Waals surface area contributed by atoms with Crippen LogP contribution in [0.2, 0.25) is 0 Å². The zero-order chi connectivity index (χ0) is 17.2. The first kappa shape index (κ1) is 15.7. The fourth-order valence-electron chi connectivity index (χ4n) is 3.03. The summed E-state index contributed by atoms with van der Waals surface area (Å²) < 4.78 is 24.4. The van der Waals surface area contributed by atoms with Gasteiger partial charge in [0.2, 0.25) is 0 Å². The van der Waals surface area contributed by atoms with Gasteiger partial charge >= 0.3 is 6.03 Å². The topological polar surface area (TPSA) is 59.6 Å². The van der Waals surface area contributed by atoms with Crippen LogP contribution in [0, 0.1) is 11.7 Å². The molecule has 2 aromatic rings. The van der Waals surface area contributed by atoms with Crippen LogP contribution in [0.25, 0.3) is 0 Å². The predicted molar refractivity (Wildman–Crippen MR) is 91.5 cm³/mol. The zero-order valence-corrected chi connectivity index (χ0v) is 13.6. The average molecular weight is 342 g/mol. The fraction of sp³-hybridized carbons (Fsp3) is 0.316. The van der Waals surface area contributed by atoms with Gasteiger partial charge in [0.15, 0.2) is 11.5 Å². The van der Waals surface area contributed by atoms with Crippen LogP contribution in [0.1, 0.15) is 24.4 Å². The SMILES string of the molecule is O=C(Nc1cccc(F)c1)N[C@H](c1ccc2c(c1)OCCO2)C1CC1. The van der Waals surface area contributed by atoms with E-state index in [1.807, 2.05) is 18.2 Å². The van der Waals surface area contributed by atoms with E-state index in [0.717, 1.165) is 24.2 Å². The van der Waals surface area contributed by atoms with E-state index in [9.17, 15) is 9.18 Å². The van der Waals surface area contributed by atoms with Gasteiger partial charge < -0.3 is 20.1 Å². The molecule has 0 unspecified atom stereocenters. The minimum Gasteiger partial charge on any atom is -0.486 e. The highest BCUT2D eigenvalue weighted by molar-refractivity contribution is 5.89. The van der Waals surface area contributed by atoms with Gasteiger partial charge in [0, 0.05) is 5.69 Å². The average Bonchev–Trinajstić information content (AvgIpc) is 3.44. The molecule has 5 nitrogen and oxygen atoms in total. The van der Waals surface area contributed by atoms with Crippen molar-refractivity contribution in [1.29, 1.82) is 0 Å². The van der Waals surface area contributed by atoms with Crippen LogP contribution < -0.4 is 20.1 Å². The summed E-state index contributed by atoms with van der Waals surface area (Å²) in [7, 11) is 0. The fourth-order valence-corrected chi connectivity index (χ4v) is 3.03. The molecule has 0 bridgehead atoms. The maximum atomic E-state index is 13.2. The lowest BCUT2D eigenvalue weighted by Gasteiger charge is -2.23. The maximum absolute atomic E-state index is 13.2. The number of hydrogen-bond acceptors (Lipinski definition) is 3. The Kier molecular flexibility index (Phi) is 4.17. The minimum absolute atomic E-state index is 0.107. The Morgan fingerprint density at radius 2 is 1.88 bits per heavy atom. The molecule has 6 heteroatoms. The number of anilines is 1. The molecule has 2 N–H and O–H groups in total. The second kappa shape index (κ2) is 6.63. The number of fused-ring (bicyclic) bond motifs is 1. The van der Waals surface area contributed by atoms with Gasteiger partial charge in [-0.1, -0.05) is 12.1 Å². The molecule has 0 spiro atoms. The highest BCUT2D eigenvalue weighted by atomic mass is 19.1. The summed E-state index contributed by atoms with van der Waals surface area (Å²) in [5.41, 5.74) is 1.41. The molecule has 25 heavy (non-hydrogen) atoms. The summed E-state index contributed by atoms with van der Waals surface area (Å²) in [5, 5.41) is 5.68. The van der Waals surface area contributed by atoms with Crippen LogP contribution in [0.4, 0.5) is 14.9 Å². The van der Waals surface area contributed by atoms with Crippen molar-refractivity contribution in [3.63, 3.8) is 0 Å². The molecule has 1 aliphatic heterocycles. The number of rotatable bonds is 4. The van der Waals surface area contributed by atoms with Crippen molar-refractivity contribution in [3.05, 3.63) is 53.8 Å². The molecule has 2 amide bonds. The Morgan fingerprint density at radius 1 is 1.08 bits per heavy atom. The molecule has 0 saturated heterocycles. The van der Waals surface area contributed by atoms with Gasteiger partial charge in [0.25, 0.3) is 0 Å². The first-order valence-corrected chi connectivity index (χ1v) is 8.42. The smallest absolute Gasteiger partial charge is 0.319 e. The van der Waals surface area contributed by atoms with Crippen LogP contribution in [0.5, 0.6) is 11.5 Å². The normalized spacial score (nSPS) is 16.8. The summed E-state index contributed by atoms with van der Waals surface area (Å²) in [4.78, 5) is 12.3. The van der Waals surface area contributed by atoms with E-state index in [2.05, 4.69) is 10.6 Å². The van der Waals surface area contributed by atoms with Crippen molar-refractivity contribution >= 4 is 11.7 Å². The molecule has 2 aromatic carbocycles. The van der Waals surface area contributed by atoms with E-state index in [4.69, 9.17) is 9.47 Å². The maximum Gasteiger partial charge on any atom is 0.319 e. The Morgan fingerprint density at radius 3 is 2.64 bits per heavy atom. The van der Waals surface area contributed by atoms with Crippen LogP contribution in [-0.2, 0) is 0 Å². The standard InChI is InChI=1S/C19H19FN2O3/c20-14-2-1-3-15(11-14)21-19(23)22-18(12-4-5-12)13-6-7-16-17(10-13)25-9-8-24-16/h1-3,6-7,10-12,18H,4-5,8-9H2,(H2,21,22,23)/t18-/m0/s1. The quantitative estimate of drug-likeness (QED) is 0.887. The Bertz CT molecular complexity index is 792. The van der Waals surface area contributed by atoms with Gasteiger partial charge in [0.05, 0.1) is 6.04 Å². The van der Waals surface area contributed by atoms with Crippen molar-refractivity contribution in [2.45, 2.75) is 18.9 Å². The van der Waals surface area contributed by atoms with E-state index in [1.165, 1.54) is 12.1 Å². The largest absolute Gasteiger partial charge is 0.486 e. The van der Waals surface area contributed by atoms with Crippen molar-refractivity contribution in [2.75, 3.05) is 18.5 Å². The van der Waals surface area contributed by atoms with Gasteiger partial charge in [0.1, 0.15) is 19.0 Å². The first-order valence-electron chi connectivity index (χ1n) is 8.42. The molecule has 4 rings (SSSR count). The molecule has 1 atom stereocenters. The Hall–Kier alpha value is -2.76. The lowest BCUT2D eigenvalue weighted by Crippen LogP contribution is -2.33. The number of carbonyl (C=O) groups excluding carboxylic acids is 1. The van der Waals surface area contributed by atoms with E-state index in [0.29, 0.717) is 30.6 Å².